The molecule has 0 spiro atoms. The first-order chi connectivity index (χ1) is 13.3. The zero-order chi connectivity index (χ0) is 20.1. The number of hydrogen-bond donors (Lipinski definition) is 0. The molecule has 0 amide bonds. The lowest BCUT2D eigenvalue weighted by molar-refractivity contribution is 0.0811. The van der Waals surface area contributed by atoms with Crippen LogP contribution in [0.15, 0.2) is 36.4 Å². The van der Waals surface area contributed by atoms with Crippen molar-refractivity contribution in [3.8, 4) is 17.1 Å². The third-order valence-electron chi connectivity index (χ3n) is 5.30. The van der Waals surface area contributed by atoms with Crippen LogP contribution in [0.1, 0.15) is 36.3 Å². The normalized spacial score (nSPS) is 15.4. The second-order valence-electron chi connectivity index (χ2n) is 7.95. The van der Waals surface area contributed by atoms with E-state index in [4.69, 9.17) is 16.7 Å². The molecule has 0 saturated heterocycles. The Balaban J connectivity index is 1.91. The molecule has 1 aromatic carbocycles. The van der Waals surface area contributed by atoms with Gasteiger partial charge in [-0.15, -0.1) is 10.2 Å². The van der Waals surface area contributed by atoms with E-state index in [1.807, 2.05) is 57.1 Å². The lowest BCUT2D eigenvalue weighted by atomic mass is 9.74. The minimum Gasteiger partial charge on any atom is -0.378 e. The molecule has 144 valence electrons. The van der Waals surface area contributed by atoms with Crippen LogP contribution in [-0.2, 0) is 6.42 Å². The van der Waals surface area contributed by atoms with Crippen molar-refractivity contribution in [3.63, 3.8) is 0 Å². The fourth-order valence-electron chi connectivity index (χ4n) is 3.54. The Morgan fingerprint density at radius 3 is 2.39 bits per heavy atom. The molecule has 1 aliphatic rings. The summed E-state index contributed by atoms with van der Waals surface area (Å²) in [5.41, 5.74) is 3.85. The number of ketones is 1. The van der Waals surface area contributed by atoms with Crippen molar-refractivity contribution in [3.05, 3.63) is 52.8 Å². The Morgan fingerprint density at radius 1 is 1.07 bits per heavy atom. The van der Waals surface area contributed by atoms with Crippen molar-refractivity contribution in [1.82, 2.24) is 20.0 Å². The van der Waals surface area contributed by atoms with Gasteiger partial charge in [0.05, 0.1) is 11.3 Å². The fraction of sp³-hybridized carbons (Fsp3) is 0.333. The molecular weight excluding hydrogens is 374 g/mol. The number of benzene rings is 1. The monoisotopic (exact) mass is 395 g/mol. The third-order valence-corrected chi connectivity index (χ3v) is 5.50. The molecule has 2 aromatic heterocycles. The zero-order valence-corrected chi connectivity index (χ0v) is 17.2. The van der Waals surface area contributed by atoms with E-state index in [1.165, 1.54) is 0 Å². The smallest absolute Gasteiger partial charge is 0.176 e. The zero-order valence-electron chi connectivity index (χ0n) is 16.4. The van der Waals surface area contributed by atoms with Gasteiger partial charge in [0, 0.05) is 30.8 Å². The molecule has 0 aliphatic heterocycles. The Bertz CT molecular complexity index is 1040. The maximum absolute atomic E-state index is 13.3. The number of hydrogen-bond acceptors (Lipinski definition) is 5. The summed E-state index contributed by atoms with van der Waals surface area (Å²) in [5.74, 6) is 0.679. The molecule has 0 N–H and O–H groups in total. The van der Waals surface area contributed by atoms with Gasteiger partial charge in [-0.05, 0) is 37.1 Å². The van der Waals surface area contributed by atoms with Crippen molar-refractivity contribution in [2.45, 2.75) is 26.7 Å². The van der Waals surface area contributed by atoms with E-state index in [0.717, 1.165) is 29.8 Å². The predicted molar refractivity (Wildman–Crippen MR) is 110 cm³/mol. The van der Waals surface area contributed by atoms with Gasteiger partial charge in [-0.3, -0.25) is 4.79 Å². The van der Waals surface area contributed by atoms with E-state index >= 15 is 0 Å². The molecule has 2 heterocycles. The number of aromatic nitrogens is 4. The van der Waals surface area contributed by atoms with E-state index in [-0.39, 0.29) is 5.78 Å². The van der Waals surface area contributed by atoms with Gasteiger partial charge in [-0.2, -0.15) is 5.10 Å². The Morgan fingerprint density at radius 2 is 1.79 bits per heavy atom. The first kappa shape index (κ1) is 18.6. The van der Waals surface area contributed by atoms with Crippen LogP contribution in [0.5, 0.6) is 0 Å². The second kappa shape index (κ2) is 6.71. The predicted octanol–water partition coefficient (Wildman–Crippen LogP) is 4.20. The van der Waals surface area contributed by atoms with Crippen LogP contribution >= 0.6 is 11.6 Å². The minimum absolute atomic E-state index is 0.119. The van der Waals surface area contributed by atoms with Crippen molar-refractivity contribution >= 4 is 23.1 Å². The summed E-state index contributed by atoms with van der Waals surface area (Å²) in [6, 6.07) is 11.5. The SMILES string of the molecule is CN(C)c1ccc(-c2nn(-c3ccc(Cl)nn3)c3c2C(=O)C(C)(C)CC3)cc1. The summed E-state index contributed by atoms with van der Waals surface area (Å²) in [5, 5.41) is 13.2. The van der Waals surface area contributed by atoms with Crippen molar-refractivity contribution in [2.75, 3.05) is 19.0 Å². The van der Waals surface area contributed by atoms with Crippen LogP contribution in [0, 0.1) is 5.41 Å². The molecular formula is C21H22ClN5O. The van der Waals surface area contributed by atoms with E-state index in [2.05, 4.69) is 10.2 Å². The number of nitrogens with zero attached hydrogens (tertiary/aromatic N) is 5. The largest absolute Gasteiger partial charge is 0.378 e. The lowest BCUT2D eigenvalue weighted by Crippen LogP contribution is -2.31. The molecule has 0 unspecified atom stereocenters. The van der Waals surface area contributed by atoms with Crippen molar-refractivity contribution in [1.29, 1.82) is 0 Å². The number of fused-ring (bicyclic) bond motifs is 1. The summed E-state index contributed by atoms with van der Waals surface area (Å²) in [7, 11) is 3.99. The van der Waals surface area contributed by atoms with E-state index < -0.39 is 5.41 Å². The maximum Gasteiger partial charge on any atom is 0.176 e. The summed E-state index contributed by atoms with van der Waals surface area (Å²) >= 11 is 5.88. The van der Waals surface area contributed by atoms with E-state index in [0.29, 0.717) is 22.2 Å². The standard InChI is InChI=1S/C21H22ClN5O/c1-21(2)12-11-15-18(20(21)28)19(13-5-7-14(8-6-13)26(3)4)25-27(15)17-10-9-16(22)23-24-17/h5-10H,11-12H2,1-4H3. The molecule has 7 heteroatoms. The molecule has 6 nitrogen and oxygen atoms in total. The van der Waals surface area contributed by atoms with Crippen LogP contribution in [0.4, 0.5) is 5.69 Å². The Labute approximate surface area is 169 Å². The first-order valence-electron chi connectivity index (χ1n) is 9.22. The molecule has 0 atom stereocenters. The lowest BCUT2D eigenvalue weighted by Gasteiger charge is -2.28. The van der Waals surface area contributed by atoms with Gasteiger partial charge in [-0.25, -0.2) is 4.68 Å². The number of anilines is 1. The average Bonchev–Trinajstić information content (AvgIpc) is 3.05. The van der Waals surface area contributed by atoms with Crippen molar-refractivity contribution in [2.24, 2.45) is 5.41 Å². The summed E-state index contributed by atoms with van der Waals surface area (Å²) in [6.07, 6.45) is 1.52. The maximum atomic E-state index is 13.3. The molecule has 0 bridgehead atoms. The van der Waals surface area contributed by atoms with Gasteiger partial charge in [0.15, 0.2) is 16.8 Å². The minimum atomic E-state index is -0.412. The van der Waals surface area contributed by atoms with Gasteiger partial charge in [0.2, 0.25) is 0 Å². The van der Waals surface area contributed by atoms with Crippen LogP contribution in [0.25, 0.3) is 17.1 Å². The molecule has 28 heavy (non-hydrogen) atoms. The molecule has 3 aromatic rings. The summed E-state index contributed by atoms with van der Waals surface area (Å²) < 4.78 is 1.74. The molecule has 1 aliphatic carbocycles. The summed E-state index contributed by atoms with van der Waals surface area (Å²) in [4.78, 5) is 15.3. The van der Waals surface area contributed by atoms with Crippen LogP contribution < -0.4 is 4.90 Å². The average molecular weight is 396 g/mol. The fourth-order valence-corrected chi connectivity index (χ4v) is 3.64. The van der Waals surface area contributed by atoms with Gasteiger partial charge in [0.1, 0.15) is 5.69 Å². The number of carbonyl (C=O) groups excluding carboxylic acids is 1. The summed E-state index contributed by atoms with van der Waals surface area (Å²) in [6.45, 7) is 3.99. The molecule has 0 radical (unpaired) electrons. The van der Waals surface area contributed by atoms with Gasteiger partial charge < -0.3 is 4.90 Å². The van der Waals surface area contributed by atoms with Gasteiger partial charge >= 0.3 is 0 Å². The number of halogens is 1. The van der Waals surface area contributed by atoms with Crippen molar-refractivity contribution < 1.29 is 4.79 Å². The quantitative estimate of drug-likeness (QED) is 0.664. The van der Waals surface area contributed by atoms with Gasteiger partial charge in [0.25, 0.3) is 0 Å². The highest BCUT2D eigenvalue weighted by Gasteiger charge is 2.39. The van der Waals surface area contributed by atoms with E-state index in [1.54, 1.807) is 16.8 Å². The Hall–Kier alpha value is -2.73. The van der Waals surface area contributed by atoms with E-state index in [9.17, 15) is 4.79 Å². The third kappa shape index (κ3) is 3.07. The second-order valence-corrected chi connectivity index (χ2v) is 8.34. The topological polar surface area (TPSA) is 63.9 Å². The first-order valence-corrected chi connectivity index (χ1v) is 9.60. The molecule has 4 rings (SSSR count). The number of carbonyl (C=O) groups is 1. The van der Waals surface area contributed by atoms with Crippen LogP contribution in [0.3, 0.4) is 0 Å². The Kier molecular flexibility index (Phi) is 4.46. The molecule has 0 fully saturated rings. The van der Waals surface area contributed by atoms with Crippen LogP contribution in [0.2, 0.25) is 5.15 Å². The van der Waals surface area contributed by atoms with Crippen LogP contribution in [-0.4, -0.2) is 39.9 Å². The van der Waals surface area contributed by atoms with Gasteiger partial charge in [-0.1, -0.05) is 37.6 Å². The molecule has 0 saturated carbocycles. The highest BCUT2D eigenvalue weighted by molar-refractivity contribution is 6.29. The highest BCUT2D eigenvalue weighted by atomic mass is 35.5. The highest BCUT2D eigenvalue weighted by Crippen LogP contribution is 2.40. The number of Topliss-reactive ketones (excluding diaryl/α,β-unsaturated/α-hetero) is 1. The number of rotatable bonds is 3.